The molecule has 3 saturated heterocycles. The minimum absolute atomic E-state index is 0.306. The summed E-state index contributed by atoms with van der Waals surface area (Å²) in [5.41, 5.74) is 3.25. The Morgan fingerprint density at radius 2 is 1.69 bits per heavy atom. The van der Waals surface area contributed by atoms with Gasteiger partial charge in [-0.2, -0.15) is 0 Å². The average molecular weight is 586 g/mol. The summed E-state index contributed by atoms with van der Waals surface area (Å²) in [4.78, 5) is 20.6. The van der Waals surface area contributed by atoms with Crippen LogP contribution in [0.25, 0.3) is 4.85 Å². The quantitative estimate of drug-likeness (QED) is 0.367. The predicted molar refractivity (Wildman–Crippen MR) is 168 cm³/mol. The Labute approximate surface area is 254 Å². The fourth-order valence-electron chi connectivity index (χ4n) is 6.38. The minimum atomic E-state index is -0.306. The van der Waals surface area contributed by atoms with Crippen molar-refractivity contribution in [2.45, 2.75) is 50.8 Å². The third-order valence-electron chi connectivity index (χ3n) is 9.23. The molecular weight excluding hydrogens is 546 g/mol. The Balaban J connectivity index is 1.00. The summed E-state index contributed by atoms with van der Waals surface area (Å²) in [6, 6.07) is 17.1. The van der Waals surface area contributed by atoms with Crippen molar-refractivity contribution in [3.8, 4) is 5.75 Å². The molecule has 3 fully saturated rings. The Morgan fingerprint density at radius 3 is 2.40 bits per heavy atom. The number of anilines is 1. The lowest BCUT2D eigenvalue weighted by molar-refractivity contribution is -0.00594. The second-order valence-corrected chi connectivity index (χ2v) is 12.6. The Bertz CT molecular complexity index is 1400. The van der Waals surface area contributed by atoms with Gasteiger partial charge in [0.1, 0.15) is 12.4 Å². The molecule has 0 aliphatic carbocycles. The lowest BCUT2D eigenvalue weighted by atomic mass is 9.78. The summed E-state index contributed by atoms with van der Waals surface area (Å²) < 4.78 is 6.11. The van der Waals surface area contributed by atoms with Gasteiger partial charge in [-0.05, 0) is 67.4 Å². The Hall–Kier alpha value is -3.22. The third kappa shape index (κ3) is 6.40. The smallest absolute Gasteiger partial charge is 0.225 e. The summed E-state index contributed by atoms with van der Waals surface area (Å²) in [5, 5.41) is 4.06. The third-order valence-corrected chi connectivity index (χ3v) is 9.44. The second-order valence-electron chi connectivity index (χ2n) is 12.2. The van der Waals surface area contributed by atoms with Crippen molar-refractivity contribution < 1.29 is 4.74 Å². The molecule has 3 aliphatic rings. The molecule has 2 aromatic carbocycles. The fourth-order valence-corrected chi connectivity index (χ4v) is 6.61. The van der Waals surface area contributed by atoms with E-state index in [9.17, 15) is 0 Å². The van der Waals surface area contributed by atoms with Crippen LogP contribution in [0.15, 0.2) is 54.7 Å². The van der Waals surface area contributed by atoms with Crippen LogP contribution < -0.4 is 15.0 Å². The van der Waals surface area contributed by atoms with Gasteiger partial charge < -0.3 is 15.0 Å². The van der Waals surface area contributed by atoms with Gasteiger partial charge in [-0.25, -0.2) is 14.8 Å². The van der Waals surface area contributed by atoms with E-state index in [1.165, 1.54) is 25.9 Å². The lowest BCUT2D eigenvalue weighted by Gasteiger charge is -2.51. The van der Waals surface area contributed by atoms with Gasteiger partial charge in [0.2, 0.25) is 5.95 Å². The summed E-state index contributed by atoms with van der Waals surface area (Å²) >= 11 is 6.28. The molecule has 0 amide bonds. The first-order chi connectivity index (χ1) is 20.4. The van der Waals surface area contributed by atoms with E-state index in [-0.39, 0.29) is 5.41 Å². The number of nitrogens with zero attached hydrogens (tertiary/aromatic N) is 6. The van der Waals surface area contributed by atoms with Crippen molar-refractivity contribution >= 4 is 23.2 Å². The SMILES string of the molecule is [C-]#[N+]c1cc(Cl)cc(C(C)(C)c2ccc(OCc3ccnc(N4CCN(C5CN(C6CCNCC6)C5)CC4)n3)cc2)c1. The van der Waals surface area contributed by atoms with Crippen molar-refractivity contribution in [1.82, 2.24) is 25.1 Å². The van der Waals surface area contributed by atoms with Gasteiger partial charge in [0, 0.05) is 68.0 Å². The predicted octanol–water partition coefficient (Wildman–Crippen LogP) is 5.14. The monoisotopic (exact) mass is 585 g/mol. The van der Waals surface area contributed by atoms with E-state index in [4.69, 9.17) is 27.9 Å². The normalized spacial score (nSPS) is 19.3. The first-order valence-electron chi connectivity index (χ1n) is 15.1. The highest BCUT2D eigenvalue weighted by molar-refractivity contribution is 6.31. The molecule has 1 N–H and O–H groups in total. The molecule has 0 saturated carbocycles. The number of piperazine rings is 1. The molecule has 3 aromatic rings. The van der Waals surface area contributed by atoms with E-state index in [1.54, 1.807) is 6.07 Å². The average Bonchev–Trinajstić information content (AvgIpc) is 3.00. The highest BCUT2D eigenvalue weighted by atomic mass is 35.5. The maximum absolute atomic E-state index is 7.36. The lowest BCUT2D eigenvalue weighted by Crippen LogP contribution is -2.65. The molecule has 42 heavy (non-hydrogen) atoms. The number of hydrogen-bond donors (Lipinski definition) is 1. The van der Waals surface area contributed by atoms with Crippen LogP contribution in [-0.4, -0.2) is 84.2 Å². The molecule has 8 nitrogen and oxygen atoms in total. The molecule has 0 spiro atoms. The topological polar surface area (TPSA) is 61.1 Å². The van der Waals surface area contributed by atoms with E-state index in [1.807, 2.05) is 36.5 Å². The first-order valence-corrected chi connectivity index (χ1v) is 15.4. The number of nitrogens with one attached hydrogen (secondary N) is 1. The molecule has 4 heterocycles. The van der Waals surface area contributed by atoms with Crippen LogP contribution in [0, 0.1) is 6.57 Å². The van der Waals surface area contributed by atoms with Crippen LogP contribution in [0.3, 0.4) is 0 Å². The maximum Gasteiger partial charge on any atom is 0.225 e. The molecule has 220 valence electrons. The summed E-state index contributed by atoms with van der Waals surface area (Å²) in [6.45, 7) is 20.8. The van der Waals surface area contributed by atoms with Crippen LogP contribution >= 0.6 is 11.6 Å². The molecule has 0 bridgehead atoms. The number of hydrogen-bond acceptors (Lipinski definition) is 7. The number of piperidine rings is 1. The molecule has 1 aromatic heterocycles. The van der Waals surface area contributed by atoms with Crippen LogP contribution in [-0.2, 0) is 12.0 Å². The van der Waals surface area contributed by atoms with Crippen molar-refractivity contribution in [2.75, 3.05) is 57.3 Å². The number of ether oxygens (including phenoxy) is 1. The van der Waals surface area contributed by atoms with Crippen molar-refractivity contribution in [1.29, 1.82) is 0 Å². The van der Waals surface area contributed by atoms with E-state index in [2.05, 4.69) is 55.8 Å². The van der Waals surface area contributed by atoms with Gasteiger partial charge in [-0.3, -0.25) is 9.80 Å². The number of aromatic nitrogens is 2. The molecule has 9 heteroatoms. The molecule has 0 atom stereocenters. The number of benzene rings is 2. The van der Waals surface area contributed by atoms with Gasteiger partial charge in [0.25, 0.3) is 0 Å². The van der Waals surface area contributed by atoms with E-state index >= 15 is 0 Å². The minimum Gasteiger partial charge on any atom is -0.487 e. The number of likely N-dealkylation sites (tertiary alicyclic amines) is 1. The highest BCUT2D eigenvalue weighted by Gasteiger charge is 2.37. The Kier molecular flexibility index (Phi) is 8.64. The summed E-state index contributed by atoms with van der Waals surface area (Å²) in [6.07, 6.45) is 4.42. The highest BCUT2D eigenvalue weighted by Crippen LogP contribution is 2.36. The van der Waals surface area contributed by atoms with Gasteiger partial charge in [0.15, 0.2) is 5.69 Å². The number of rotatable bonds is 8. The Morgan fingerprint density at radius 1 is 0.952 bits per heavy atom. The summed E-state index contributed by atoms with van der Waals surface area (Å²) in [5.74, 6) is 1.58. The van der Waals surface area contributed by atoms with Gasteiger partial charge in [-0.15, -0.1) is 0 Å². The fraction of sp³-hybridized carbons (Fsp3) is 0.485. The van der Waals surface area contributed by atoms with Gasteiger partial charge in [-0.1, -0.05) is 43.6 Å². The zero-order valence-corrected chi connectivity index (χ0v) is 25.4. The van der Waals surface area contributed by atoms with Crippen molar-refractivity contribution in [2.24, 2.45) is 0 Å². The van der Waals surface area contributed by atoms with Crippen molar-refractivity contribution in [3.63, 3.8) is 0 Å². The van der Waals surface area contributed by atoms with Crippen LogP contribution in [0.1, 0.15) is 43.5 Å². The van der Waals surface area contributed by atoms with Gasteiger partial charge >= 0.3 is 0 Å². The number of halogens is 1. The second kappa shape index (κ2) is 12.6. The van der Waals surface area contributed by atoms with Crippen molar-refractivity contribution in [3.05, 3.63) is 88.0 Å². The van der Waals surface area contributed by atoms with E-state index in [0.717, 1.165) is 73.8 Å². The van der Waals surface area contributed by atoms with E-state index < -0.39 is 0 Å². The maximum atomic E-state index is 7.36. The van der Waals surface area contributed by atoms with Crippen LogP contribution in [0.2, 0.25) is 5.02 Å². The largest absolute Gasteiger partial charge is 0.487 e. The summed E-state index contributed by atoms with van der Waals surface area (Å²) in [7, 11) is 0. The van der Waals surface area contributed by atoms with Crippen LogP contribution in [0.5, 0.6) is 5.75 Å². The zero-order valence-electron chi connectivity index (χ0n) is 24.6. The first kappa shape index (κ1) is 28.9. The molecule has 3 aliphatic heterocycles. The molecule has 0 radical (unpaired) electrons. The molecular formula is C33H40ClN7O. The molecule has 0 unspecified atom stereocenters. The molecule has 6 rings (SSSR count). The zero-order chi connectivity index (χ0) is 29.1. The van der Waals surface area contributed by atoms with E-state index in [0.29, 0.717) is 23.4 Å². The van der Waals surface area contributed by atoms with Crippen LogP contribution in [0.4, 0.5) is 11.6 Å². The standard InChI is InChI=1S/C33H40ClN7O/c1-33(2,25-18-26(34)20-28(19-25)35-3)24-4-6-31(7-5-24)42-23-27-8-13-37-32(38-27)40-16-14-39(15-17-40)30-21-41(22-30)29-9-11-36-12-10-29/h4-8,13,18-20,29-30,36H,9-12,14-17,21-23H2,1-2H3. The van der Waals surface area contributed by atoms with Gasteiger partial charge in [0.05, 0.1) is 12.3 Å².